The molecule has 1 aliphatic heterocycles. The highest BCUT2D eigenvalue weighted by atomic mass is 16.5. The molecule has 0 saturated heterocycles. The van der Waals surface area contributed by atoms with Gasteiger partial charge in [0.05, 0.1) is 12.7 Å². The molecule has 0 spiro atoms. The molecule has 3 rings (SSSR count). The molecule has 0 bridgehead atoms. The molecule has 0 aromatic heterocycles. The highest BCUT2D eigenvalue weighted by Gasteiger charge is 2.24. The van der Waals surface area contributed by atoms with Gasteiger partial charge in [-0.15, -0.1) is 0 Å². The van der Waals surface area contributed by atoms with Crippen molar-refractivity contribution >= 4 is 12.0 Å². The first-order valence-electron chi connectivity index (χ1n) is 6.87. The standard InChI is InChI=1S/C18H16O3/c1-20-15-9-10-17-14(11-15)12-16(21-18(17)19)8-7-13-5-3-2-4-6-13/h2-11,16H,12H2,1H3/b8-7+. The first-order chi connectivity index (χ1) is 10.3. The zero-order valence-electron chi connectivity index (χ0n) is 11.8. The number of ether oxygens (including phenoxy) is 2. The van der Waals surface area contributed by atoms with Gasteiger partial charge in [0.2, 0.25) is 0 Å². The number of carbonyl (C=O) groups is 1. The van der Waals surface area contributed by atoms with Crippen LogP contribution in [0.2, 0.25) is 0 Å². The van der Waals surface area contributed by atoms with Crippen LogP contribution in [0.25, 0.3) is 6.08 Å². The highest BCUT2D eigenvalue weighted by molar-refractivity contribution is 5.92. The van der Waals surface area contributed by atoms with Crippen molar-refractivity contribution in [2.24, 2.45) is 0 Å². The third-order valence-electron chi connectivity index (χ3n) is 3.51. The van der Waals surface area contributed by atoms with Gasteiger partial charge in [0, 0.05) is 6.42 Å². The third-order valence-corrected chi connectivity index (χ3v) is 3.51. The molecule has 2 aromatic rings. The fourth-order valence-electron chi connectivity index (χ4n) is 2.41. The number of hydrogen-bond acceptors (Lipinski definition) is 3. The van der Waals surface area contributed by atoms with Gasteiger partial charge in [-0.2, -0.15) is 0 Å². The minimum Gasteiger partial charge on any atom is -0.497 e. The normalized spacial score (nSPS) is 17.4. The summed E-state index contributed by atoms with van der Waals surface area (Å²) in [6.07, 6.45) is 4.33. The number of carbonyl (C=O) groups excluding carboxylic acids is 1. The Morgan fingerprint density at radius 2 is 2.00 bits per heavy atom. The lowest BCUT2D eigenvalue weighted by Crippen LogP contribution is -2.26. The van der Waals surface area contributed by atoms with Crippen molar-refractivity contribution in [1.82, 2.24) is 0 Å². The predicted molar refractivity (Wildman–Crippen MR) is 81.4 cm³/mol. The van der Waals surface area contributed by atoms with Crippen LogP contribution in [0.3, 0.4) is 0 Å². The van der Waals surface area contributed by atoms with E-state index in [9.17, 15) is 4.79 Å². The van der Waals surface area contributed by atoms with E-state index < -0.39 is 0 Å². The maximum Gasteiger partial charge on any atom is 0.339 e. The maximum absolute atomic E-state index is 12.0. The molecular formula is C18H16O3. The van der Waals surface area contributed by atoms with Gasteiger partial charge in [-0.3, -0.25) is 0 Å². The molecule has 2 aromatic carbocycles. The predicted octanol–water partition coefficient (Wildman–Crippen LogP) is 3.49. The summed E-state index contributed by atoms with van der Waals surface area (Å²) in [5.41, 5.74) is 2.68. The zero-order chi connectivity index (χ0) is 14.7. The number of methoxy groups -OCH3 is 1. The topological polar surface area (TPSA) is 35.5 Å². The summed E-state index contributed by atoms with van der Waals surface area (Å²) in [6, 6.07) is 15.4. The number of fused-ring (bicyclic) bond motifs is 1. The molecular weight excluding hydrogens is 264 g/mol. The molecule has 0 fully saturated rings. The molecule has 106 valence electrons. The molecule has 0 amide bonds. The third kappa shape index (κ3) is 2.97. The van der Waals surface area contributed by atoms with Crippen molar-refractivity contribution in [3.05, 3.63) is 71.3 Å². The number of hydrogen-bond donors (Lipinski definition) is 0. The minimum absolute atomic E-state index is 0.239. The second-order valence-corrected chi connectivity index (χ2v) is 4.94. The van der Waals surface area contributed by atoms with Gasteiger partial charge < -0.3 is 9.47 Å². The van der Waals surface area contributed by atoms with Crippen molar-refractivity contribution < 1.29 is 14.3 Å². The van der Waals surface area contributed by atoms with E-state index in [0.717, 1.165) is 16.9 Å². The van der Waals surface area contributed by atoms with Crippen molar-refractivity contribution in [2.75, 3.05) is 7.11 Å². The monoisotopic (exact) mass is 280 g/mol. The van der Waals surface area contributed by atoms with Gasteiger partial charge in [-0.05, 0) is 35.4 Å². The Hall–Kier alpha value is -2.55. The van der Waals surface area contributed by atoms with Crippen LogP contribution in [-0.2, 0) is 11.2 Å². The van der Waals surface area contributed by atoms with Gasteiger partial charge in [-0.25, -0.2) is 4.79 Å². The number of esters is 1. The van der Waals surface area contributed by atoms with Crippen LogP contribution in [0.5, 0.6) is 5.75 Å². The van der Waals surface area contributed by atoms with Gasteiger partial charge in [-0.1, -0.05) is 36.4 Å². The summed E-state index contributed by atoms with van der Waals surface area (Å²) in [5, 5.41) is 0. The Labute approximate surface area is 123 Å². The number of benzene rings is 2. The second kappa shape index (κ2) is 5.83. The molecule has 0 radical (unpaired) electrons. The van der Waals surface area contributed by atoms with E-state index in [1.165, 1.54) is 0 Å². The summed E-state index contributed by atoms with van der Waals surface area (Å²) in [7, 11) is 1.62. The Kier molecular flexibility index (Phi) is 3.73. The van der Waals surface area contributed by atoms with E-state index in [4.69, 9.17) is 9.47 Å². The molecule has 0 N–H and O–H groups in total. The van der Waals surface area contributed by atoms with E-state index in [-0.39, 0.29) is 12.1 Å². The Bertz CT molecular complexity index is 674. The van der Waals surface area contributed by atoms with Crippen LogP contribution in [0.4, 0.5) is 0 Å². The maximum atomic E-state index is 12.0. The van der Waals surface area contributed by atoms with E-state index >= 15 is 0 Å². The van der Waals surface area contributed by atoms with Gasteiger partial charge in [0.25, 0.3) is 0 Å². The van der Waals surface area contributed by atoms with Gasteiger partial charge in [0.15, 0.2) is 0 Å². The number of rotatable bonds is 3. The Morgan fingerprint density at radius 3 is 2.76 bits per heavy atom. The van der Waals surface area contributed by atoms with Crippen LogP contribution in [0.1, 0.15) is 21.5 Å². The van der Waals surface area contributed by atoms with Crippen LogP contribution in [-0.4, -0.2) is 19.2 Å². The van der Waals surface area contributed by atoms with Crippen LogP contribution in [0.15, 0.2) is 54.6 Å². The summed E-state index contributed by atoms with van der Waals surface area (Å²) in [5.74, 6) is 0.482. The average Bonchev–Trinajstić information content (AvgIpc) is 2.53. The summed E-state index contributed by atoms with van der Waals surface area (Å²) in [4.78, 5) is 12.0. The van der Waals surface area contributed by atoms with E-state index in [2.05, 4.69) is 0 Å². The van der Waals surface area contributed by atoms with Crippen molar-refractivity contribution in [2.45, 2.75) is 12.5 Å². The van der Waals surface area contributed by atoms with Crippen molar-refractivity contribution in [1.29, 1.82) is 0 Å². The highest BCUT2D eigenvalue weighted by Crippen LogP contribution is 2.25. The van der Waals surface area contributed by atoms with E-state index in [1.807, 2.05) is 48.6 Å². The smallest absolute Gasteiger partial charge is 0.339 e. The Morgan fingerprint density at radius 1 is 1.19 bits per heavy atom. The number of cyclic esters (lactones) is 1. The lowest BCUT2D eigenvalue weighted by atomic mass is 9.97. The quantitative estimate of drug-likeness (QED) is 0.807. The molecule has 1 unspecified atom stereocenters. The van der Waals surface area contributed by atoms with Crippen molar-refractivity contribution in [3.63, 3.8) is 0 Å². The fourth-order valence-corrected chi connectivity index (χ4v) is 2.41. The van der Waals surface area contributed by atoms with Crippen LogP contribution < -0.4 is 4.74 Å². The van der Waals surface area contributed by atoms with Gasteiger partial charge >= 0.3 is 5.97 Å². The first-order valence-corrected chi connectivity index (χ1v) is 6.87. The lowest BCUT2D eigenvalue weighted by molar-refractivity contribution is 0.0359. The summed E-state index contributed by atoms with van der Waals surface area (Å²) >= 11 is 0. The molecule has 1 heterocycles. The molecule has 21 heavy (non-hydrogen) atoms. The molecule has 0 saturated carbocycles. The minimum atomic E-state index is -0.276. The molecule has 3 nitrogen and oxygen atoms in total. The van der Waals surface area contributed by atoms with E-state index in [0.29, 0.717) is 12.0 Å². The molecule has 1 atom stereocenters. The lowest BCUT2D eigenvalue weighted by Gasteiger charge is -2.22. The summed E-state index contributed by atoms with van der Waals surface area (Å²) in [6.45, 7) is 0. The molecule has 0 aliphatic carbocycles. The van der Waals surface area contributed by atoms with E-state index in [1.54, 1.807) is 19.2 Å². The Balaban J connectivity index is 1.81. The molecule has 3 heteroatoms. The molecule has 1 aliphatic rings. The SMILES string of the molecule is COc1ccc2c(c1)CC(/C=C/c1ccccc1)OC2=O. The fraction of sp³-hybridized carbons (Fsp3) is 0.167. The van der Waals surface area contributed by atoms with Crippen LogP contribution >= 0.6 is 0 Å². The average molecular weight is 280 g/mol. The largest absolute Gasteiger partial charge is 0.497 e. The first kappa shape index (κ1) is 13.4. The zero-order valence-corrected chi connectivity index (χ0v) is 11.8. The summed E-state index contributed by atoms with van der Waals surface area (Å²) < 4.78 is 10.7. The van der Waals surface area contributed by atoms with Crippen LogP contribution in [0, 0.1) is 0 Å². The van der Waals surface area contributed by atoms with Crippen molar-refractivity contribution in [3.8, 4) is 5.75 Å². The second-order valence-electron chi connectivity index (χ2n) is 4.94. The van der Waals surface area contributed by atoms with Gasteiger partial charge in [0.1, 0.15) is 11.9 Å².